The molecule has 2 nitrogen and oxygen atoms in total. The van der Waals surface area contributed by atoms with Crippen LogP contribution in [0.15, 0.2) is 0 Å². The molecule has 0 aromatic carbocycles. The van der Waals surface area contributed by atoms with E-state index >= 15 is 0 Å². The van der Waals surface area contributed by atoms with Gasteiger partial charge in [0.25, 0.3) is 0 Å². The van der Waals surface area contributed by atoms with Crippen molar-refractivity contribution in [2.75, 3.05) is 0 Å². The summed E-state index contributed by atoms with van der Waals surface area (Å²) < 4.78 is 0. The van der Waals surface area contributed by atoms with Gasteiger partial charge in [-0.05, 0) is 6.42 Å². The lowest BCUT2D eigenvalue weighted by atomic mass is 10.0. The number of hydrogen-bond acceptors (Lipinski definition) is 1. The summed E-state index contributed by atoms with van der Waals surface area (Å²) in [6, 6.07) is 0. The Balaban J connectivity index is 2.99. The van der Waals surface area contributed by atoms with Crippen molar-refractivity contribution < 1.29 is 4.79 Å². The normalized spacial score (nSPS) is 11.2. The molecule has 0 aliphatic carbocycles. The molecule has 0 atom stereocenters. The van der Waals surface area contributed by atoms with E-state index in [0.29, 0.717) is 6.42 Å². The third-order valence-electron chi connectivity index (χ3n) is 6.51. The molecule has 0 rings (SSSR count). The summed E-state index contributed by atoms with van der Waals surface area (Å²) in [7, 11) is 0. The second-order valence-corrected chi connectivity index (χ2v) is 9.66. The van der Waals surface area contributed by atoms with Gasteiger partial charge >= 0.3 is 0 Å². The number of amides is 1. The maximum absolute atomic E-state index is 10.5. The van der Waals surface area contributed by atoms with Crippen molar-refractivity contribution in [3.8, 4) is 0 Å². The third kappa shape index (κ3) is 27.5. The molecular weight excluding hydrogens is 366 g/mol. The number of unbranched alkanes of at least 4 members (excludes halogenated alkanes) is 24. The predicted octanol–water partition coefficient (Wildman–Crippen LogP) is 9.96. The van der Waals surface area contributed by atoms with Crippen LogP contribution in [0.25, 0.3) is 0 Å². The van der Waals surface area contributed by atoms with Gasteiger partial charge in [0.15, 0.2) is 0 Å². The first kappa shape index (κ1) is 29.5. The number of hydrogen-bond donors (Lipinski definition) is 0. The van der Waals surface area contributed by atoms with Crippen LogP contribution >= 0.6 is 0 Å². The minimum absolute atomic E-state index is 0.399. The topological polar surface area (TPSA) is 40.9 Å². The maximum Gasteiger partial charge on any atom is 0.238 e. The molecule has 0 aromatic rings. The van der Waals surface area contributed by atoms with Crippen LogP contribution in [-0.4, -0.2) is 5.91 Å². The zero-order valence-electron chi connectivity index (χ0n) is 20.8. The van der Waals surface area contributed by atoms with Crippen molar-refractivity contribution in [3.05, 3.63) is 0 Å². The van der Waals surface area contributed by atoms with Crippen LogP contribution in [0.5, 0.6) is 0 Å². The molecule has 0 saturated heterocycles. The van der Waals surface area contributed by atoms with E-state index in [1.165, 1.54) is 148 Å². The zero-order chi connectivity index (χ0) is 22.0. The highest BCUT2D eigenvalue weighted by Gasteiger charge is 1.97. The molecule has 179 valence electrons. The monoisotopic (exact) mass is 422 g/mol. The molecule has 0 aromatic heterocycles. The van der Waals surface area contributed by atoms with Crippen molar-refractivity contribution in [1.29, 1.82) is 0 Å². The lowest BCUT2D eigenvalue weighted by molar-refractivity contribution is -0.118. The van der Waals surface area contributed by atoms with Crippen molar-refractivity contribution >= 4 is 5.91 Å². The van der Waals surface area contributed by atoms with E-state index in [4.69, 9.17) is 5.73 Å². The summed E-state index contributed by atoms with van der Waals surface area (Å²) >= 11 is 0. The fourth-order valence-electron chi connectivity index (χ4n) is 4.42. The molecule has 0 spiro atoms. The van der Waals surface area contributed by atoms with Crippen LogP contribution in [0, 0.1) is 0 Å². The van der Waals surface area contributed by atoms with E-state index in [9.17, 15) is 4.79 Å². The average Bonchev–Trinajstić information content (AvgIpc) is 2.73. The molecule has 0 saturated carbocycles. The summed E-state index contributed by atoms with van der Waals surface area (Å²) in [5.41, 5.74) is 6.87. The van der Waals surface area contributed by atoms with E-state index in [-0.39, 0.29) is 0 Å². The maximum atomic E-state index is 10.5. The fraction of sp³-hybridized carbons (Fsp3) is 0.964. The van der Waals surface area contributed by atoms with E-state index in [0.717, 1.165) is 12.8 Å². The highest BCUT2D eigenvalue weighted by Crippen LogP contribution is 2.15. The molecule has 30 heavy (non-hydrogen) atoms. The highest BCUT2D eigenvalue weighted by molar-refractivity contribution is 5.72. The second kappa shape index (κ2) is 26.5. The molecular formula is C28H56NO. The molecule has 0 heterocycles. The van der Waals surface area contributed by atoms with Gasteiger partial charge in [0.2, 0.25) is 5.91 Å². The Morgan fingerprint density at radius 2 is 0.600 bits per heavy atom. The average molecular weight is 423 g/mol. The minimum Gasteiger partial charge on any atom is -0.273 e. The number of rotatable bonds is 26. The van der Waals surface area contributed by atoms with Gasteiger partial charge in [0.05, 0.1) is 0 Å². The van der Waals surface area contributed by atoms with Crippen LogP contribution in [0.2, 0.25) is 0 Å². The molecule has 1 amide bonds. The van der Waals surface area contributed by atoms with Crippen LogP contribution in [0.4, 0.5) is 0 Å². The standard InChI is InChI=1S/C28H56NO/c1-2-3-4-5-6-7-8-9-10-11-12-13-14-15-16-17-18-19-20-21-22-23-24-25-26-27-28(29)30/h29H,2-27H2,1H3. The van der Waals surface area contributed by atoms with E-state index in [1.54, 1.807) is 0 Å². The zero-order valence-corrected chi connectivity index (χ0v) is 20.8. The van der Waals surface area contributed by atoms with Crippen molar-refractivity contribution in [2.24, 2.45) is 0 Å². The van der Waals surface area contributed by atoms with Gasteiger partial charge in [0, 0.05) is 6.42 Å². The van der Waals surface area contributed by atoms with Gasteiger partial charge in [0.1, 0.15) is 0 Å². The lowest BCUT2D eigenvalue weighted by Crippen LogP contribution is -1.96. The Morgan fingerprint density at radius 3 is 0.800 bits per heavy atom. The molecule has 0 unspecified atom stereocenters. The number of nitrogens with one attached hydrogen (secondary N) is 1. The molecule has 1 radical (unpaired) electrons. The van der Waals surface area contributed by atoms with Gasteiger partial charge in [-0.15, -0.1) is 0 Å². The van der Waals surface area contributed by atoms with Gasteiger partial charge in [-0.3, -0.25) is 10.5 Å². The van der Waals surface area contributed by atoms with Gasteiger partial charge < -0.3 is 0 Å². The number of carbonyl (C=O) groups is 1. The molecule has 0 aliphatic heterocycles. The summed E-state index contributed by atoms with van der Waals surface area (Å²) in [6.07, 6.45) is 35.4. The smallest absolute Gasteiger partial charge is 0.238 e. The van der Waals surface area contributed by atoms with Crippen molar-refractivity contribution in [3.63, 3.8) is 0 Å². The Bertz CT molecular complexity index is 329. The van der Waals surface area contributed by atoms with E-state index in [2.05, 4.69) is 6.92 Å². The fourth-order valence-corrected chi connectivity index (χ4v) is 4.42. The third-order valence-corrected chi connectivity index (χ3v) is 6.51. The lowest BCUT2D eigenvalue weighted by Gasteiger charge is -2.04. The van der Waals surface area contributed by atoms with Gasteiger partial charge in [-0.1, -0.05) is 161 Å². The van der Waals surface area contributed by atoms with Gasteiger partial charge in [-0.25, -0.2) is 0 Å². The minimum atomic E-state index is -0.399. The van der Waals surface area contributed by atoms with Crippen LogP contribution in [0.1, 0.15) is 174 Å². The van der Waals surface area contributed by atoms with Crippen LogP contribution in [-0.2, 0) is 4.79 Å². The molecule has 0 fully saturated rings. The van der Waals surface area contributed by atoms with E-state index < -0.39 is 5.91 Å². The highest BCUT2D eigenvalue weighted by atomic mass is 16.1. The first-order chi connectivity index (χ1) is 14.8. The van der Waals surface area contributed by atoms with Crippen molar-refractivity contribution in [1.82, 2.24) is 5.73 Å². The van der Waals surface area contributed by atoms with E-state index in [1.807, 2.05) is 0 Å². The predicted molar refractivity (Wildman–Crippen MR) is 134 cm³/mol. The summed E-state index contributed by atoms with van der Waals surface area (Å²) in [5, 5.41) is 0. The molecule has 1 N–H and O–H groups in total. The Hall–Kier alpha value is -0.530. The van der Waals surface area contributed by atoms with Crippen molar-refractivity contribution in [2.45, 2.75) is 174 Å². The Labute approximate surface area is 190 Å². The summed E-state index contributed by atoms with van der Waals surface area (Å²) in [4.78, 5) is 10.5. The Morgan fingerprint density at radius 1 is 0.400 bits per heavy atom. The second-order valence-electron chi connectivity index (χ2n) is 9.66. The quantitative estimate of drug-likeness (QED) is 0.128. The number of carbonyl (C=O) groups excluding carboxylic acids is 1. The summed E-state index contributed by atoms with van der Waals surface area (Å²) in [6.45, 7) is 2.30. The SMILES string of the molecule is CCCCCCCCCCCCCCCCCCCCCCCCCCCC([NH])=O. The largest absolute Gasteiger partial charge is 0.273 e. The van der Waals surface area contributed by atoms with Gasteiger partial charge in [-0.2, -0.15) is 0 Å². The molecule has 0 bridgehead atoms. The first-order valence-corrected chi connectivity index (χ1v) is 14.0. The summed E-state index contributed by atoms with van der Waals surface area (Å²) in [5.74, 6) is -0.399. The Kier molecular flexibility index (Phi) is 26.0. The molecule has 0 aliphatic rings. The van der Waals surface area contributed by atoms with Crippen LogP contribution < -0.4 is 5.73 Å². The van der Waals surface area contributed by atoms with Crippen LogP contribution in [0.3, 0.4) is 0 Å². The molecule has 2 heteroatoms. The first-order valence-electron chi connectivity index (χ1n) is 14.0.